The van der Waals surface area contributed by atoms with Gasteiger partial charge in [0.1, 0.15) is 10.8 Å². The quantitative estimate of drug-likeness (QED) is 0.542. The van der Waals surface area contributed by atoms with E-state index < -0.39 is 6.10 Å². The Morgan fingerprint density at radius 2 is 1.96 bits per heavy atom. The van der Waals surface area contributed by atoms with Crippen molar-refractivity contribution in [3.05, 3.63) is 58.6 Å². The number of nitrogens with one attached hydrogen (secondary N) is 1. The van der Waals surface area contributed by atoms with Crippen LogP contribution in [-0.4, -0.2) is 22.7 Å². The Balaban J connectivity index is 1.66. The van der Waals surface area contributed by atoms with E-state index >= 15 is 0 Å². The second-order valence-electron chi connectivity index (χ2n) is 6.12. The van der Waals surface area contributed by atoms with Gasteiger partial charge in [-0.25, -0.2) is 10.4 Å². The number of ether oxygens (including phenoxy) is 1. The number of benzene rings is 2. The number of carbonyl (C=O) groups excluding carboxylic acids is 1. The van der Waals surface area contributed by atoms with E-state index in [-0.39, 0.29) is 5.91 Å². The van der Waals surface area contributed by atoms with Crippen molar-refractivity contribution < 1.29 is 9.53 Å². The van der Waals surface area contributed by atoms with Crippen molar-refractivity contribution in [3.63, 3.8) is 0 Å². The number of amides is 1. The predicted molar refractivity (Wildman–Crippen MR) is 106 cm³/mol. The number of hydrogen-bond acceptors (Lipinski definition) is 5. The molecule has 3 aromatic rings. The fourth-order valence-electron chi connectivity index (χ4n) is 2.40. The molecule has 5 nitrogen and oxygen atoms in total. The zero-order valence-electron chi connectivity index (χ0n) is 15.2. The largest absolute Gasteiger partial charge is 0.481 e. The van der Waals surface area contributed by atoms with Gasteiger partial charge in [0.25, 0.3) is 5.91 Å². The van der Waals surface area contributed by atoms with E-state index in [9.17, 15) is 4.79 Å². The highest BCUT2D eigenvalue weighted by Crippen LogP contribution is 2.23. The molecule has 1 atom stereocenters. The number of para-hydroxylation sites is 1. The Morgan fingerprint density at radius 3 is 2.73 bits per heavy atom. The molecule has 0 saturated heterocycles. The molecule has 0 aliphatic carbocycles. The van der Waals surface area contributed by atoms with Crippen LogP contribution in [0.25, 0.3) is 10.2 Å². The summed E-state index contributed by atoms with van der Waals surface area (Å²) in [5, 5.41) is 4.96. The van der Waals surface area contributed by atoms with Crippen LogP contribution >= 0.6 is 11.3 Å². The van der Waals surface area contributed by atoms with Gasteiger partial charge in [-0.05, 0) is 57.0 Å². The number of thiazole rings is 1. The Kier molecular flexibility index (Phi) is 5.32. The normalized spacial score (nSPS) is 12.8. The van der Waals surface area contributed by atoms with Crippen LogP contribution in [-0.2, 0) is 4.79 Å². The minimum atomic E-state index is -0.651. The molecule has 0 fully saturated rings. The van der Waals surface area contributed by atoms with Crippen LogP contribution in [0.15, 0.2) is 47.6 Å². The van der Waals surface area contributed by atoms with Crippen molar-refractivity contribution >= 4 is 33.2 Å². The lowest BCUT2D eigenvalue weighted by atomic mass is 10.1. The summed E-state index contributed by atoms with van der Waals surface area (Å²) in [6.07, 6.45) is -0.651. The third-order valence-corrected chi connectivity index (χ3v) is 5.31. The molecule has 1 amide bonds. The average molecular weight is 367 g/mol. The maximum Gasteiger partial charge on any atom is 0.280 e. The first kappa shape index (κ1) is 18.1. The number of aryl methyl sites for hydroxylation is 1. The van der Waals surface area contributed by atoms with E-state index in [0.717, 1.165) is 26.4 Å². The average Bonchev–Trinajstić information content (AvgIpc) is 3.07. The van der Waals surface area contributed by atoms with Gasteiger partial charge in [-0.2, -0.15) is 5.10 Å². The summed E-state index contributed by atoms with van der Waals surface area (Å²) in [5.74, 6) is 0.408. The van der Waals surface area contributed by atoms with Gasteiger partial charge in [0, 0.05) is 0 Å². The summed E-state index contributed by atoms with van der Waals surface area (Å²) in [5.41, 5.74) is 6.32. The maximum atomic E-state index is 12.3. The van der Waals surface area contributed by atoms with Crippen molar-refractivity contribution in [2.45, 2.75) is 33.8 Å². The highest BCUT2D eigenvalue weighted by Gasteiger charge is 2.16. The monoisotopic (exact) mass is 367 g/mol. The van der Waals surface area contributed by atoms with Gasteiger partial charge in [-0.3, -0.25) is 4.79 Å². The number of nitrogens with zero attached hydrogens (tertiary/aromatic N) is 2. The summed E-state index contributed by atoms with van der Waals surface area (Å²) in [6.45, 7) is 7.52. The number of carbonyl (C=O) groups is 1. The molecule has 1 aromatic heterocycles. The number of fused-ring (bicyclic) bond motifs is 1. The summed E-state index contributed by atoms with van der Waals surface area (Å²) >= 11 is 1.55. The summed E-state index contributed by atoms with van der Waals surface area (Å²) in [4.78, 5) is 16.8. The van der Waals surface area contributed by atoms with Crippen LogP contribution < -0.4 is 10.2 Å². The van der Waals surface area contributed by atoms with Gasteiger partial charge in [0.15, 0.2) is 6.10 Å². The molecule has 0 unspecified atom stereocenters. The minimum absolute atomic E-state index is 0.300. The van der Waals surface area contributed by atoms with Crippen molar-refractivity contribution in [1.82, 2.24) is 10.4 Å². The van der Waals surface area contributed by atoms with E-state index in [1.165, 1.54) is 0 Å². The third kappa shape index (κ3) is 3.91. The molecule has 6 heteroatoms. The molecule has 0 bridgehead atoms. The predicted octanol–water partition coefficient (Wildman–Crippen LogP) is 4.22. The van der Waals surface area contributed by atoms with E-state index in [1.807, 2.05) is 63.2 Å². The van der Waals surface area contributed by atoms with Gasteiger partial charge in [-0.1, -0.05) is 24.3 Å². The van der Waals surface area contributed by atoms with E-state index in [2.05, 4.69) is 15.5 Å². The van der Waals surface area contributed by atoms with Crippen LogP contribution in [0.2, 0.25) is 0 Å². The van der Waals surface area contributed by atoms with Crippen molar-refractivity contribution in [2.75, 3.05) is 0 Å². The van der Waals surface area contributed by atoms with Crippen molar-refractivity contribution in [1.29, 1.82) is 0 Å². The lowest BCUT2D eigenvalue weighted by molar-refractivity contribution is -0.127. The first-order chi connectivity index (χ1) is 12.5. The molecule has 3 rings (SSSR count). The van der Waals surface area contributed by atoms with Crippen LogP contribution in [0.5, 0.6) is 5.75 Å². The van der Waals surface area contributed by atoms with E-state index in [4.69, 9.17) is 4.74 Å². The Hall–Kier alpha value is -2.73. The Morgan fingerprint density at radius 1 is 1.19 bits per heavy atom. The zero-order chi connectivity index (χ0) is 18.7. The minimum Gasteiger partial charge on any atom is -0.481 e. The lowest BCUT2D eigenvalue weighted by Gasteiger charge is -2.16. The number of aromatic nitrogens is 1. The molecular weight excluding hydrogens is 346 g/mol. The molecule has 0 aliphatic rings. The van der Waals surface area contributed by atoms with Crippen LogP contribution in [0, 0.1) is 13.8 Å². The molecule has 134 valence electrons. The lowest BCUT2D eigenvalue weighted by Crippen LogP contribution is -2.34. The van der Waals surface area contributed by atoms with Gasteiger partial charge in [0.05, 0.1) is 15.9 Å². The molecule has 1 N–H and O–H groups in total. The standard InChI is InChI=1S/C20H21N3O2S/c1-12-8-7-10-17(13(12)2)25-15(4)19(24)23-22-14(3)20-21-16-9-5-6-11-18(16)26-20/h5-11,15H,1-4H3,(H,23,24)/b22-14-/t15-/m1/s1. The zero-order valence-corrected chi connectivity index (χ0v) is 16.1. The molecule has 0 saturated carbocycles. The summed E-state index contributed by atoms with van der Waals surface area (Å²) < 4.78 is 6.87. The van der Waals surface area contributed by atoms with Crippen LogP contribution in [0.3, 0.4) is 0 Å². The summed E-state index contributed by atoms with van der Waals surface area (Å²) in [7, 11) is 0. The first-order valence-corrected chi connectivity index (χ1v) is 9.20. The van der Waals surface area contributed by atoms with Crippen molar-refractivity contribution in [2.24, 2.45) is 5.10 Å². The van der Waals surface area contributed by atoms with Crippen LogP contribution in [0.1, 0.15) is 30.0 Å². The molecule has 0 spiro atoms. The van der Waals surface area contributed by atoms with E-state index in [1.54, 1.807) is 18.3 Å². The Labute approximate surface area is 156 Å². The molecule has 26 heavy (non-hydrogen) atoms. The highest BCUT2D eigenvalue weighted by atomic mass is 32.1. The first-order valence-electron chi connectivity index (χ1n) is 8.38. The smallest absolute Gasteiger partial charge is 0.280 e. The topological polar surface area (TPSA) is 63.6 Å². The SMILES string of the molecule is C/C(=N/NC(=O)[C@@H](C)Oc1cccc(C)c1C)c1nc2ccccc2s1. The highest BCUT2D eigenvalue weighted by molar-refractivity contribution is 7.20. The van der Waals surface area contributed by atoms with Crippen LogP contribution in [0.4, 0.5) is 0 Å². The van der Waals surface area contributed by atoms with Gasteiger partial charge >= 0.3 is 0 Å². The molecular formula is C20H21N3O2S. The fraction of sp³-hybridized carbons (Fsp3) is 0.250. The summed E-state index contributed by atoms with van der Waals surface area (Å²) in [6, 6.07) is 13.7. The third-order valence-electron chi connectivity index (χ3n) is 4.17. The van der Waals surface area contributed by atoms with E-state index in [0.29, 0.717) is 11.5 Å². The number of hydrazone groups is 1. The second-order valence-corrected chi connectivity index (χ2v) is 7.15. The van der Waals surface area contributed by atoms with Gasteiger partial charge < -0.3 is 4.74 Å². The molecule has 0 radical (unpaired) electrons. The van der Waals surface area contributed by atoms with Gasteiger partial charge in [-0.15, -0.1) is 11.3 Å². The Bertz CT molecular complexity index is 945. The van der Waals surface area contributed by atoms with Gasteiger partial charge in [0.2, 0.25) is 0 Å². The fourth-order valence-corrected chi connectivity index (χ4v) is 3.31. The maximum absolute atomic E-state index is 12.3. The molecule has 1 heterocycles. The molecule has 2 aromatic carbocycles. The molecule has 0 aliphatic heterocycles. The second kappa shape index (κ2) is 7.66. The number of hydrogen-bond donors (Lipinski definition) is 1. The number of rotatable bonds is 5. The van der Waals surface area contributed by atoms with Crippen molar-refractivity contribution in [3.8, 4) is 5.75 Å².